The molecule has 0 saturated carbocycles. The first kappa shape index (κ1) is 16.7. The van der Waals surface area contributed by atoms with Crippen molar-refractivity contribution < 1.29 is 9.53 Å². The average Bonchev–Trinajstić information content (AvgIpc) is 2.98. The van der Waals surface area contributed by atoms with Gasteiger partial charge in [-0.1, -0.05) is 18.2 Å². The van der Waals surface area contributed by atoms with Crippen LogP contribution in [0.3, 0.4) is 0 Å². The standard InChI is InChI=1S/C17H13Br2N3O2/c1-24-16-13(18)6-10(7-14(16)19)17(23)22-21-9-11-8-20-15-5-3-2-4-12(11)15/h2-9,20H,1H3,(H,22,23). The normalized spacial score (nSPS) is 11.1. The Bertz CT molecular complexity index is 911. The number of amides is 1. The van der Waals surface area contributed by atoms with Crippen LogP contribution in [0.1, 0.15) is 15.9 Å². The Morgan fingerprint density at radius 2 is 1.96 bits per heavy atom. The fourth-order valence-corrected chi connectivity index (χ4v) is 3.82. The van der Waals surface area contributed by atoms with Crippen LogP contribution in [-0.4, -0.2) is 24.2 Å². The SMILES string of the molecule is COc1c(Br)cc(C(=O)NN=Cc2c[nH]c3ccccc23)cc1Br. The summed E-state index contributed by atoms with van der Waals surface area (Å²) in [7, 11) is 1.57. The lowest BCUT2D eigenvalue weighted by Gasteiger charge is -2.08. The van der Waals surface area contributed by atoms with E-state index in [1.54, 1.807) is 25.5 Å². The second kappa shape index (κ2) is 7.19. The minimum absolute atomic E-state index is 0.310. The highest BCUT2D eigenvalue weighted by atomic mass is 79.9. The number of nitrogens with zero attached hydrogens (tertiary/aromatic N) is 1. The van der Waals surface area contributed by atoms with Crippen LogP contribution in [-0.2, 0) is 0 Å². The van der Waals surface area contributed by atoms with Crippen molar-refractivity contribution in [3.63, 3.8) is 0 Å². The average molecular weight is 451 g/mol. The van der Waals surface area contributed by atoms with Crippen LogP contribution < -0.4 is 10.2 Å². The molecule has 24 heavy (non-hydrogen) atoms. The summed E-state index contributed by atoms with van der Waals surface area (Å²) in [6.45, 7) is 0. The zero-order chi connectivity index (χ0) is 17.1. The number of hydrogen-bond donors (Lipinski definition) is 2. The van der Waals surface area contributed by atoms with E-state index in [1.165, 1.54) is 0 Å². The topological polar surface area (TPSA) is 66.5 Å². The van der Waals surface area contributed by atoms with Crippen molar-refractivity contribution in [2.45, 2.75) is 0 Å². The molecule has 3 rings (SSSR count). The lowest BCUT2D eigenvalue weighted by Crippen LogP contribution is -2.17. The van der Waals surface area contributed by atoms with Crippen LogP contribution >= 0.6 is 31.9 Å². The van der Waals surface area contributed by atoms with Gasteiger partial charge in [0.2, 0.25) is 0 Å². The number of halogens is 2. The van der Waals surface area contributed by atoms with Crippen LogP contribution in [0.25, 0.3) is 10.9 Å². The number of aromatic amines is 1. The largest absolute Gasteiger partial charge is 0.494 e. The van der Waals surface area contributed by atoms with Crippen molar-refractivity contribution in [2.75, 3.05) is 7.11 Å². The zero-order valence-corrected chi connectivity index (χ0v) is 15.8. The van der Waals surface area contributed by atoms with Crippen molar-refractivity contribution in [1.82, 2.24) is 10.4 Å². The number of ether oxygens (including phenoxy) is 1. The summed E-state index contributed by atoms with van der Waals surface area (Å²) in [6.07, 6.45) is 3.46. The van der Waals surface area contributed by atoms with E-state index >= 15 is 0 Å². The van der Waals surface area contributed by atoms with Gasteiger partial charge in [0.05, 0.1) is 22.3 Å². The van der Waals surface area contributed by atoms with Crippen LogP contribution in [0.5, 0.6) is 5.75 Å². The molecule has 0 spiro atoms. The molecule has 0 radical (unpaired) electrons. The van der Waals surface area contributed by atoms with E-state index in [9.17, 15) is 4.79 Å². The Morgan fingerprint density at radius 1 is 1.25 bits per heavy atom. The summed E-state index contributed by atoms with van der Waals surface area (Å²) in [4.78, 5) is 15.4. The lowest BCUT2D eigenvalue weighted by molar-refractivity contribution is 0.0955. The molecule has 2 aromatic carbocycles. The van der Waals surface area contributed by atoms with E-state index in [-0.39, 0.29) is 5.91 Å². The molecule has 7 heteroatoms. The number of aromatic nitrogens is 1. The molecular weight excluding hydrogens is 438 g/mol. The molecule has 0 saturated heterocycles. The highest BCUT2D eigenvalue weighted by Crippen LogP contribution is 2.34. The van der Waals surface area contributed by atoms with E-state index in [0.717, 1.165) is 16.5 Å². The van der Waals surface area contributed by atoms with Gasteiger partial charge in [-0.2, -0.15) is 5.10 Å². The Balaban J connectivity index is 1.76. The number of carbonyl (C=O) groups excluding carboxylic acids is 1. The van der Waals surface area contributed by atoms with Crippen molar-refractivity contribution in [3.8, 4) is 5.75 Å². The molecule has 0 aliphatic carbocycles. The molecule has 1 aromatic heterocycles. The van der Waals surface area contributed by atoms with Gasteiger partial charge in [0, 0.05) is 28.2 Å². The maximum absolute atomic E-state index is 12.2. The number of benzene rings is 2. The van der Waals surface area contributed by atoms with E-state index in [2.05, 4.69) is 47.4 Å². The number of hydrogen-bond acceptors (Lipinski definition) is 3. The van der Waals surface area contributed by atoms with Gasteiger partial charge in [0.25, 0.3) is 5.91 Å². The molecule has 3 aromatic rings. The quantitative estimate of drug-likeness (QED) is 0.455. The minimum Gasteiger partial charge on any atom is -0.494 e. The molecule has 2 N–H and O–H groups in total. The Labute approximate surface area is 155 Å². The summed E-state index contributed by atoms with van der Waals surface area (Å²) in [5, 5.41) is 5.08. The van der Waals surface area contributed by atoms with Crippen LogP contribution in [0, 0.1) is 0 Å². The van der Waals surface area contributed by atoms with E-state index in [4.69, 9.17) is 4.74 Å². The van der Waals surface area contributed by atoms with Gasteiger partial charge in [-0.05, 0) is 50.1 Å². The monoisotopic (exact) mass is 449 g/mol. The predicted octanol–water partition coefficient (Wildman–Crippen LogP) is 4.47. The van der Waals surface area contributed by atoms with Gasteiger partial charge in [-0.15, -0.1) is 0 Å². The summed E-state index contributed by atoms with van der Waals surface area (Å²) < 4.78 is 6.59. The number of rotatable bonds is 4. The number of methoxy groups -OCH3 is 1. The molecule has 0 aliphatic heterocycles. The molecule has 0 atom stereocenters. The maximum Gasteiger partial charge on any atom is 0.271 e. The van der Waals surface area contributed by atoms with Gasteiger partial charge >= 0.3 is 0 Å². The summed E-state index contributed by atoms with van der Waals surface area (Å²) >= 11 is 6.75. The molecule has 0 bridgehead atoms. The van der Waals surface area contributed by atoms with E-state index < -0.39 is 0 Å². The number of fused-ring (bicyclic) bond motifs is 1. The number of carbonyl (C=O) groups is 1. The van der Waals surface area contributed by atoms with Crippen LogP contribution in [0.4, 0.5) is 0 Å². The van der Waals surface area contributed by atoms with Gasteiger partial charge in [-0.25, -0.2) is 5.43 Å². The van der Waals surface area contributed by atoms with Crippen molar-refractivity contribution in [3.05, 3.63) is 62.7 Å². The van der Waals surface area contributed by atoms with Crippen LogP contribution in [0.15, 0.2) is 56.6 Å². The van der Waals surface area contributed by atoms with Crippen molar-refractivity contribution >= 4 is 54.9 Å². The number of para-hydroxylation sites is 1. The Kier molecular flexibility index (Phi) is 5.01. The highest BCUT2D eigenvalue weighted by Gasteiger charge is 2.12. The third-order valence-corrected chi connectivity index (χ3v) is 4.63. The molecule has 0 fully saturated rings. The minimum atomic E-state index is -0.310. The van der Waals surface area contributed by atoms with Gasteiger partial charge < -0.3 is 9.72 Å². The van der Waals surface area contributed by atoms with Crippen LogP contribution in [0.2, 0.25) is 0 Å². The Morgan fingerprint density at radius 3 is 2.67 bits per heavy atom. The molecule has 0 aliphatic rings. The fourth-order valence-electron chi connectivity index (χ4n) is 2.31. The second-order valence-corrected chi connectivity index (χ2v) is 6.67. The zero-order valence-electron chi connectivity index (χ0n) is 12.6. The molecule has 1 heterocycles. The van der Waals surface area contributed by atoms with Crippen molar-refractivity contribution in [2.24, 2.45) is 5.10 Å². The smallest absolute Gasteiger partial charge is 0.271 e. The van der Waals surface area contributed by atoms with Gasteiger partial charge in [0.15, 0.2) is 0 Å². The Hall–Kier alpha value is -2.12. The predicted molar refractivity (Wildman–Crippen MR) is 102 cm³/mol. The third kappa shape index (κ3) is 3.37. The second-order valence-electron chi connectivity index (χ2n) is 4.96. The van der Waals surface area contributed by atoms with Gasteiger partial charge in [0.1, 0.15) is 5.75 Å². The third-order valence-electron chi connectivity index (χ3n) is 3.46. The molecule has 1 amide bonds. The fraction of sp³-hybridized carbons (Fsp3) is 0.0588. The number of nitrogens with one attached hydrogen (secondary N) is 2. The number of hydrazone groups is 1. The highest BCUT2D eigenvalue weighted by molar-refractivity contribution is 9.11. The molecular formula is C17H13Br2N3O2. The van der Waals surface area contributed by atoms with Gasteiger partial charge in [-0.3, -0.25) is 4.79 Å². The first-order chi connectivity index (χ1) is 11.6. The maximum atomic E-state index is 12.2. The molecule has 0 unspecified atom stereocenters. The summed E-state index contributed by atoms with van der Waals surface area (Å²) in [6, 6.07) is 11.3. The first-order valence-corrected chi connectivity index (χ1v) is 8.61. The lowest BCUT2D eigenvalue weighted by atomic mass is 10.2. The molecule has 122 valence electrons. The van der Waals surface area contributed by atoms with Crippen molar-refractivity contribution in [1.29, 1.82) is 0 Å². The summed E-state index contributed by atoms with van der Waals surface area (Å²) in [5.74, 6) is 0.323. The summed E-state index contributed by atoms with van der Waals surface area (Å²) in [5.41, 5.74) is 4.92. The van der Waals surface area contributed by atoms with E-state index in [1.807, 2.05) is 30.5 Å². The van der Waals surface area contributed by atoms with E-state index in [0.29, 0.717) is 20.3 Å². The first-order valence-electron chi connectivity index (χ1n) is 7.02. The number of H-pyrrole nitrogens is 1. The molecule has 5 nitrogen and oxygen atoms in total.